The molecule has 0 heterocycles. The first kappa shape index (κ1) is 16.1. The van der Waals surface area contributed by atoms with Crippen LogP contribution in [0.2, 0.25) is 0 Å². The number of nitrogens with one attached hydrogen (secondary N) is 1. The van der Waals surface area contributed by atoms with Crippen molar-refractivity contribution in [2.45, 2.75) is 26.7 Å². The lowest BCUT2D eigenvalue weighted by Crippen LogP contribution is -2.29. The minimum Gasteiger partial charge on any atom is -0.484 e. The molecule has 0 bridgehead atoms. The van der Waals surface area contributed by atoms with E-state index < -0.39 is 0 Å². The van der Waals surface area contributed by atoms with Crippen LogP contribution in [0.1, 0.15) is 23.1 Å². The van der Waals surface area contributed by atoms with E-state index in [-0.39, 0.29) is 12.5 Å². The highest BCUT2D eigenvalue weighted by molar-refractivity contribution is 5.77. The molecule has 2 aromatic rings. The maximum atomic E-state index is 11.7. The van der Waals surface area contributed by atoms with Gasteiger partial charge in [0.2, 0.25) is 0 Å². The van der Waals surface area contributed by atoms with E-state index in [2.05, 4.69) is 36.5 Å². The molecule has 2 aromatic carbocycles. The molecule has 2 rings (SSSR count). The molecular formula is C19H23NO2. The molecule has 3 heteroatoms. The molecule has 0 saturated carbocycles. The lowest BCUT2D eigenvalue weighted by molar-refractivity contribution is -0.123. The summed E-state index contributed by atoms with van der Waals surface area (Å²) in [5.41, 5.74) is 3.69. The molecule has 0 aliphatic carbocycles. The molecule has 0 aliphatic heterocycles. The second kappa shape index (κ2) is 8.23. The number of ether oxygens (including phenoxy) is 1. The monoisotopic (exact) mass is 297 g/mol. The van der Waals surface area contributed by atoms with Gasteiger partial charge in [-0.3, -0.25) is 4.79 Å². The molecule has 0 aromatic heterocycles. The van der Waals surface area contributed by atoms with Crippen LogP contribution in [-0.4, -0.2) is 19.1 Å². The fraction of sp³-hybridized carbons (Fsp3) is 0.316. The molecule has 0 atom stereocenters. The van der Waals surface area contributed by atoms with Crippen LogP contribution in [0.15, 0.2) is 48.5 Å². The number of carbonyl (C=O) groups excluding carboxylic acids is 1. The fourth-order valence-corrected chi connectivity index (χ4v) is 2.18. The van der Waals surface area contributed by atoms with Gasteiger partial charge in [0.1, 0.15) is 5.75 Å². The first-order chi connectivity index (χ1) is 10.6. The second-order valence-electron chi connectivity index (χ2n) is 5.54. The van der Waals surface area contributed by atoms with Gasteiger partial charge in [0.15, 0.2) is 6.61 Å². The zero-order chi connectivity index (χ0) is 15.8. The maximum Gasteiger partial charge on any atom is 0.257 e. The topological polar surface area (TPSA) is 38.3 Å². The average Bonchev–Trinajstić information content (AvgIpc) is 2.51. The molecule has 22 heavy (non-hydrogen) atoms. The van der Waals surface area contributed by atoms with Crippen LogP contribution in [-0.2, 0) is 11.2 Å². The third kappa shape index (κ3) is 5.60. The van der Waals surface area contributed by atoms with Gasteiger partial charge in [0, 0.05) is 6.54 Å². The standard InChI is InChI=1S/C19H23NO2/c1-15-8-10-17(11-9-15)6-4-12-20-19(21)14-22-18-7-3-5-16(2)13-18/h3,5,7-11,13H,4,6,12,14H2,1-2H3,(H,20,21). The summed E-state index contributed by atoms with van der Waals surface area (Å²) >= 11 is 0. The summed E-state index contributed by atoms with van der Waals surface area (Å²) in [6.07, 6.45) is 1.90. The van der Waals surface area contributed by atoms with Gasteiger partial charge in [-0.2, -0.15) is 0 Å². The van der Waals surface area contributed by atoms with E-state index in [9.17, 15) is 4.79 Å². The van der Waals surface area contributed by atoms with Crippen LogP contribution < -0.4 is 10.1 Å². The maximum absolute atomic E-state index is 11.7. The Bertz CT molecular complexity index is 605. The Balaban J connectivity index is 1.62. The van der Waals surface area contributed by atoms with Gasteiger partial charge in [-0.1, -0.05) is 42.0 Å². The van der Waals surface area contributed by atoms with E-state index in [0.717, 1.165) is 24.2 Å². The summed E-state index contributed by atoms with van der Waals surface area (Å²) < 4.78 is 5.47. The van der Waals surface area contributed by atoms with E-state index in [0.29, 0.717) is 6.54 Å². The molecule has 0 spiro atoms. The van der Waals surface area contributed by atoms with Crippen LogP contribution in [0.3, 0.4) is 0 Å². The van der Waals surface area contributed by atoms with E-state index in [4.69, 9.17) is 4.74 Å². The number of aryl methyl sites for hydroxylation is 3. The summed E-state index contributed by atoms with van der Waals surface area (Å²) in [6.45, 7) is 4.81. The predicted molar refractivity (Wildman–Crippen MR) is 89.2 cm³/mol. The summed E-state index contributed by atoms with van der Waals surface area (Å²) in [4.78, 5) is 11.7. The Morgan fingerprint density at radius 2 is 1.82 bits per heavy atom. The van der Waals surface area contributed by atoms with Gasteiger partial charge in [-0.15, -0.1) is 0 Å². The highest BCUT2D eigenvalue weighted by atomic mass is 16.5. The first-order valence-corrected chi connectivity index (χ1v) is 7.65. The molecular weight excluding hydrogens is 274 g/mol. The number of carbonyl (C=O) groups is 1. The van der Waals surface area contributed by atoms with Gasteiger partial charge in [-0.25, -0.2) is 0 Å². The van der Waals surface area contributed by atoms with Crippen molar-refractivity contribution in [3.63, 3.8) is 0 Å². The second-order valence-corrected chi connectivity index (χ2v) is 5.54. The van der Waals surface area contributed by atoms with Crippen LogP contribution in [0.25, 0.3) is 0 Å². The van der Waals surface area contributed by atoms with Crippen molar-refractivity contribution in [3.05, 3.63) is 65.2 Å². The quantitative estimate of drug-likeness (QED) is 0.795. The zero-order valence-electron chi connectivity index (χ0n) is 13.3. The molecule has 0 radical (unpaired) electrons. The van der Waals surface area contributed by atoms with Crippen LogP contribution in [0.4, 0.5) is 0 Å². The average molecular weight is 297 g/mol. The Labute approximate surface area is 132 Å². The summed E-state index contributed by atoms with van der Waals surface area (Å²) in [5, 5.41) is 2.89. The van der Waals surface area contributed by atoms with E-state index >= 15 is 0 Å². The number of hydrogen-bond donors (Lipinski definition) is 1. The van der Waals surface area contributed by atoms with Crippen molar-refractivity contribution < 1.29 is 9.53 Å². The van der Waals surface area contributed by atoms with Crippen LogP contribution >= 0.6 is 0 Å². The van der Waals surface area contributed by atoms with E-state index in [1.165, 1.54) is 11.1 Å². The van der Waals surface area contributed by atoms with Crippen LogP contribution in [0, 0.1) is 13.8 Å². The highest BCUT2D eigenvalue weighted by Crippen LogP contribution is 2.11. The summed E-state index contributed by atoms with van der Waals surface area (Å²) in [7, 11) is 0. The fourth-order valence-electron chi connectivity index (χ4n) is 2.18. The van der Waals surface area contributed by atoms with Crippen molar-refractivity contribution in [1.82, 2.24) is 5.32 Å². The Kier molecular flexibility index (Phi) is 6.01. The lowest BCUT2D eigenvalue weighted by Gasteiger charge is -2.08. The highest BCUT2D eigenvalue weighted by Gasteiger charge is 2.02. The lowest BCUT2D eigenvalue weighted by atomic mass is 10.1. The van der Waals surface area contributed by atoms with E-state index in [1.54, 1.807) is 0 Å². The van der Waals surface area contributed by atoms with Crippen molar-refractivity contribution in [2.24, 2.45) is 0 Å². The van der Waals surface area contributed by atoms with Gasteiger partial charge >= 0.3 is 0 Å². The molecule has 3 nitrogen and oxygen atoms in total. The number of benzene rings is 2. The van der Waals surface area contributed by atoms with Gasteiger partial charge in [0.05, 0.1) is 0 Å². The minimum atomic E-state index is -0.0783. The van der Waals surface area contributed by atoms with Crippen molar-refractivity contribution >= 4 is 5.91 Å². The smallest absolute Gasteiger partial charge is 0.257 e. The molecule has 0 saturated heterocycles. The van der Waals surface area contributed by atoms with Gasteiger partial charge < -0.3 is 10.1 Å². The number of amides is 1. The molecule has 116 valence electrons. The van der Waals surface area contributed by atoms with Gasteiger partial charge in [-0.05, 0) is 49.9 Å². The summed E-state index contributed by atoms with van der Waals surface area (Å²) in [6, 6.07) is 16.2. The Morgan fingerprint density at radius 1 is 1.05 bits per heavy atom. The van der Waals surface area contributed by atoms with E-state index in [1.807, 2.05) is 31.2 Å². The van der Waals surface area contributed by atoms with Crippen LogP contribution in [0.5, 0.6) is 5.75 Å². The molecule has 1 N–H and O–H groups in total. The SMILES string of the molecule is Cc1ccc(CCCNC(=O)COc2cccc(C)c2)cc1. The molecule has 0 aliphatic rings. The third-order valence-electron chi connectivity index (χ3n) is 3.44. The van der Waals surface area contributed by atoms with Crippen molar-refractivity contribution in [2.75, 3.05) is 13.2 Å². The number of rotatable bonds is 7. The summed E-state index contributed by atoms with van der Waals surface area (Å²) in [5.74, 6) is 0.653. The Hall–Kier alpha value is -2.29. The molecule has 0 unspecified atom stereocenters. The first-order valence-electron chi connectivity index (χ1n) is 7.65. The minimum absolute atomic E-state index is 0.0635. The predicted octanol–water partition coefficient (Wildman–Crippen LogP) is 3.43. The zero-order valence-corrected chi connectivity index (χ0v) is 13.3. The molecule has 1 amide bonds. The third-order valence-corrected chi connectivity index (χ3v) is 3.44. The molecule has 0 fully saturated rings. The normalized spacial score (nSPS) is 10.3. The largest absolute Gasteiger partial charge is 0.484 e. The van der Waals surface area contributed by atoms with Crippen molar-refractivity contribution in [3.8, 4) is 5.75 Å². The Morgan fingerprint density at radius 3 is 2.55 bits per heavy atom. The van der Waals surface area contributed by atoms with Gasteiger partial charge in [0.25, 0.3) is 5.91 Å². The van der Waals surface area contributed by atoms with Crippen molar-refractivity contribution in [1.29, 1.82) is 0 Å². The number of hydrogen-bond acceptors (Lipinski definition) is 2.